The van der Waals surface area contributed by atoms with Gasteiger partial charge in [0.2, 0.25) is 0 Å². The van der Waals surface area contributed by atoms with Crippen molar-refractivity contribution in [1.29, 1.82) is 0 Å². The molecule has 0 aromatic heterocycles. The summed E-state index contributed by atoms with van der Waals surface area (Å²) in [6, 6.07) is 3.39. The van der Waals surface area contributed by atoms with Crippen LogP contribution in [0.25, 0.3) is 0 Å². The molecule has 0 spiro atoms. The van der Waals surface area contributed by atoms with E-state index in [-0.39, 0.29) is 43.2 Å². The fraction of sp³-hybridized carbons (Fsp3) is 0.632. The molecule has 2 N–H and O–H groups in total. The van der Waals surface area contributed by atoms with Gasteiger partial charge in [-0.2, -0.15) is 0 Å². The Morgan fingerprint density at radius 2 is 1.27 bits per heavy atom. The van der Waals surface area contributed by atoms with Gasteiger partial charge in [-0.15, -0.1) is 0 Å². The number of hydrogen-bond donors (Lipinski definition) is 2. The molecule has 0 amide bonds. The topological polar surface area (TPSA) is 182 Å². The molecular weight excluding hydrogens is 446 g/mol. The number of hydrogen-bond acceptors (Lipinski definition) is 11. The predicted octanol–water partition coefficient (Wildman–Crippen LogP) is 1.47. The number of anilines is 1. The highest BCUT2D eigenvalue weighted by molar-refractivity contribution is 5.66. The SMILES string of the molecule is O=C(O)CCOCCOCCOCCOCCOCCNc1ccc([N+](=O)[O-])cc1[N+](=O)[O-]. The minimum Gasteiger partial charge on any atom is -0.481 e. The monoisotopic (exact) mass is 475 g/mol. The molecule has 14 heteroatoms. The van der Waals surface area contributed by atoms with Crippen LogP contribution in [0.4, 0.5) is 17.1 Å². The minimum atomic E-state index is -0.900. The van der Waals surface area contributed by atoms with Gasteiger partial charge < -0.3 is 34.1 Å². The van der Waals surface area contributed by atoms with Crippen LogP contribution in [-0.2, 0) is 28.5 Å². The van der Waals surface area contributed by atoms with E-state index in [0.29, 0.717) is 52.9 Å². The van der Waals surface area contributed by atoms with E-state index in [4.69, 9.17) is 28.8 Å². The molecule has 1 aromatic carbocycles. The van der Waals surface area contributed by atoms with E-state index in [1.165, 1.54) is 12.1 Å². The van der Waals surface area contributed by atoms with Gasteiger partial charge in [0.15, 0.2) is 0 Å². The minimum absolute atomic E-state index is 0.0298. The fourth-order valence-electron chi connectivity index (χ4n) is 2.33. The summed E-state index contributed by atoms with van der Waals surface area (Å²) in [5.41, 5.74) is -0.545. The molecule has 0 bridgehead atoms. The number of non-ortho nitro benzene ring substituents is 1. The molecule has 0 aliphatic carbocycles. The second kappa shape index (κ2) is 17.6. The summed E-state index contributed by atoms with van der Waals surface area (Å²) in [5, 5.41) is 33.0. The lowest BCUT2D eigenvalue weighted by Gasteiger charge is -2.09. The zero-order valence-corrected chi connectivity index (χ0v) is 18.1. The Morgan fingerprint density at radius 1 is 0.788 bits per heavy atom. The average Bonchev–Trinajstić information content (AvgIpc) is 2.77. The molecule has 33 heavy (non-hydrogen) atoms. The predicted molar refractivity (Wildman–Crippen MR) is 115 cm³/mol. The number of nitrogens with one attached hydrogen (secondary N) is 1. The maximum Gasteiger partial charge on any atom is 0.305 e. The fourth-order valence-corrected chi connectivity index (χ4v) is 2.33. The van der Waals surface area contributed by atoms with Gasteiger partial charge in [0.05, 0.1) is 88.4 Å². The van der Waals surface area contributed by atoms with E-state index < -0.39 is 15.8 Å². The molecule has 0 saturated heterocycles. The summed E-state index contributed by atoms with van der Waals surface area (Å²) in [5.74, 6) is -0.900. The number of rotatable bonds is 21. The molecule has 186 valence electrons. The molecule has 0 atom stereocenters. The first-order valence-corrected chi connectivity index (χ1v) is 10.2. The third-order valence-corrected chi connectivity index (χ3v) is 3.90. The van der Waals surface area contributed by atoms with Crippen LogP contribution < -0.4 is 5.32 Å². The van der Waals surface area contributed by atoms with Crippen LogP contribution in [0.15, 0.2) is 18.2 Å². The first-order chi connectivity index (χ1) is 15.9. The average molecular weight is 475 g/mol. The summed E-state index contributed by atoms with van der Waals surface area (Å²) >= 11 is 0. The number of benzene rings is 1. The highest BCUT2D eigenvalue weighted by Crippen LogP contribution is 2.28. The number of nitro benzene ring substituents is 2. The van der Waals surface area contributed by atoms with Gasteiger partial charge >= 0.3 is 5.97 Å². The maximum atomic E-state index is 11.1. The molecule has 14 nitrogen and oxygen atoms in total. The van der Waals surface area contributed by atoms with Crippen LogP contribution in [0.1, 0.15) is 6.42 Å². The molecule has 1 aromatic rings. The number of nitro groups is 2. The highest BCUT2D eigenvalue weighted by atomic mass is 16.6. The Morgan fingerprint density at radius 3 is 1.73 bits per heavy atom. The molecule has 0 radical (unpaired) electrons. The van der Waals surface area contributed by atoms with Crippen LogP contribution in [0, 0.1) is 20.2 Å². The molecular formula is C19H29N3O11. The van der Waals surface area contributed by atoms with Gasteiger partial charge in [0, 0.05) is 12.6 Å². The lowest BCUT2D eigenvalue weighted by atomic mass is 10.2. The zero-order chi connectivity index (χ0) is 24.3. The van der Waals surface area contributed by atoms with E-state index in [0.717, 1.165) is 6.07 Å². The van der Waals surface area contributed by atoms with Crippen molar-refractivity contribution in [3.05, 3.63) is 38.4 Å². The summed E-state index contributed by atoms with van der Waals surface area (Å²) in [4.78, 5) is 30.7. The van der Waals surface area contributed by atoms with E-state index in [1.54, 1.807) is 0 Å². The molecule has 0 saturated carbocycles. The second-order valence-electron chi connectivity index (χ2n) is 6.35. The first-order valence-electron chi connectivity index (χ1n) is 10.2. The number of aliphatic carboxylic acids is 1. The van der Waals surface area contributed by atoms with Crippen LogP contribution in [0.2, 0.25) is 0 Å². The Labute approximate surface area is 190 Å². The maximum absolute atomic E-state index is 11.1. The van der Waals surface area contributed by atoms with Crippen molar-refractivity contribution in [2.75, 3.05) is 77.9 Å². The van der Waals surface area contributed by atoms with Crippen LogP contribution in [-0.4, -0.2) is 93.5 Å². The smallest absolute Gasteiger partial charge is 0.305 e. The van der Waals surface area contributed by atoms with Crippen LogP contribution >= 0.6 is 0 Å². The third-order valence-electron chi connectivity index (χ3n) is 3.90. The Balaban J connectivity index is 1.93. The highest BCUT2D eigenvalue weighted by Gasteiger charge is 2.18. The van der Waals surface area contributed by atoms with Crippen LogP contribution in [0.3, 0.4) is 0 Å². The Bertz CT molecular complexity index is 733. The van der Waals surface area contributed by atoms with Crippen molar-refractivity contribution in [1.82, 2.24) is 0 Å². The quantitative estimate of drug-likeness (QED) is 0.149. The van der Waals surface area contributed by atoms with Crippen molar-refractivity contribution in [3.8, 4) is 0 Å². The van der Waals surface area contributed by atoms with E-state index in [2.05, 4.69) is 5.32 Å². The second-order valence-corrected chi connectivity index (χ2v) is 6.35. The van der Waals surface area contributed by atoms with Gasteiger partial charge in [-0.25, -0.2) is 0 Å². The largest absolute Gasteiger partial charge is 0.481 e. The van der Waals surface area contributed by atoms with Gasteiger partial charge in [-0.1, -0.05) is 0 Å². The third kappa shape index (κ3) is 14.0. The van der Waals surface area contributed by atoms with E-state index in [9.17, 15) is 25.0 Å². The van der Waals surface area contributed by atoms with Gasteiger partial charge in [0.25, 0.3) is 11.4 Å². The number of carboxylic acid groups (broad SMARTS) is 1. The van der Waals surface area contributed by atoms with Crippen LogP contribution in [0.5, 0.6) is 0 Å². The van der Waals surface area contributed by atoms with Gasteiger partial charge in [-0.3, -0.25) is 25.0 Å². The molecule has 0 heterocycles. The Kier molecular flexibility index (Phi) is 15.0. The molecule has 0 fully saturated rings. The van der Waals surface area contributed by atoms with Crippen molar-refractivity contribution >= 4 is 23.0 Å². The normalized spacial score (nSPS) is 10.8. The summed E-state index contributed by atoms with van der Waals surface area (Å²) in [6.45, 7) is 3.66. The van der Waals surface area contributed by atoms with E-state index >= 15 is 0 Å². The summed E-state index contributed by atoms with van der Waals surface area (Å²) < 4.78 is 26.4. The first kappa shape index (κ1) is 28.1. The number of ether oxygens (including phenoxy) is 5. The molecule has 0 unspecified atom stereocenters. The van der Waals surface area contributed by atoms with E-state index in [1.807, 2.05) is 0 Å². The number of carboxylic acids is 1. The summed E-state index contributed by atoms with van der Waals surface area (Å²) in [6.07, 6.45) is -0.0298. The lowest BCUT2D eigenvalue weighted by Crippen LogP contribution is -2.15. The molecule has 0 aliphatic rings. The van der Waals surface area contributed by atoms with Gasteiger partial charge in [-0.05, 0) is 6.07 Å². The van der Waals surface area contributed by atoms with Gasteiger partial charge in [0.1, 0.15) is 5.69 Å². The lowest BCUT2D eigenvalue weighted by molar-refractivity contribution is -0.393. The van der Waals surface area contributed by atoms with Crippen molar-refractivity contribution in [2.24, 2.45) is 0 Å². The number of nitrogens with zero attached hydrogens (tertiary/aromatic N) is 2. The summed E-state index contributed by atoms with van der Waals surface area (Å²) in [7, 11) is 0. The van der Waals surface area contributed by atoms with Crippen molar-refractivity contribution < 1.29 is 43.4 Å². The van der Waals surface area contributed by atoms with Crippen molar-refractivity contribution in [2.45, 2.75) is 6.42 Å². The number of carbonyl (C=O) groups is 1. The Hall–Kier alpha value is -2.91. The molecule has 0 aliphatic heterocycles. The zero-order valence-electron chi connectivity index (χ0n) is 18.1. The van der Waals surface area contributed by atoms with Crippen molar-refractivity contribution in [3.63, 3.8) is 0 Å². The molecule has 1 rings (SSSR count). The standard InChI is InChI=1S/C19H29N3O11/c23-19(24)3-5-29-7-9-31-11-13-33-14-12-32-10-8-30-6-4-20-17-2-1-16(21(25)26)15-18(17)22(27)28/h1-2,15,20H,3-14H2,(H,23,24).